The lowest BCUT2D eigenvalue weighted by Gasteiger charge is -2.25. The van der Waals surface area contributed by atoms with Crippen LogP contribution in [0.5, 0.6) is 0 Å². The molecule has 7 nitrogen and oxygen atoms in total. The number of amides is 4. The lowest BCUT2D eigenvalue weighted by molar-refractivity contribution is -0.130. The van der Waals surface area contributed by atoms with E-state index in [1.54, 1.807) is 18.2 Å². The minimum atomic E-state index is -0.756. The normalized spacial score (nSPS) is 16.5. The number of aromatic nitrogens is 1. The number of benzene rings is 1. The molecule has 1 N–H and O–H groups in total. The van der Waals surface area contributed by atoms with E-state index in [1.165, 1.54) is 6.26 Å². The predicted molar refractivity (Wildman–Crippen MR) is 103 cm³/mol. The molecule has 7 heteroatoms. The number of hydrogen-bond donors (Lipinski definition) is 1. The molecule has 0 spiro atoms. The molecule has 2 aromatic heterocycles. The van der Waals surface area contributed by atoms with E-state index in [4.69, 9.17) is 4.42 Å². The van der Waals surface area contributed by atoms with Gasteiger partial charge in [-0.2, -0.15) is 0 Å². The number of urea groups is 1. The minimum Gasteiger partial charge on any atom is -0.467 e. The van der Waals surface area contributed by atoms with Crippen LogP contribution >= 0.6 is 0 Å². The second-order valence-corrected chi connectivity index (χ2v) is 6.89. The van der Waals surface area contributed by atoms with E-state index in [2.05, 4.69) is 23.7 Å². The summed E-state index contributed by atoms with van der Waals surface area (Å²) in [5.74, 6) is -0.896. The van der Waals surface area contributed by atoms with E-state index in [9.17, 15) is 14.4 Å². The maximum atomic E-state index is 12.9. The molecule has 3 heterocycles. The Balaban J connectivity index is 1.76. The molecule has 0 radical (unpaired) electrons. The summed E-state index contributed by atoms with van der Waals surface area (Å²) in [5.41, 5.74) is 1.67. The van der Waals surface area contributed by atoms with Crippen LogP contribution in [-0.4, -0.2) is 27.3 Å². The largest absolute Gasteiger partial charge is 0.467 e. The maximum absolute atomic E-state index is 12.9. The van der Waals surface area contributed by atoms with Crippen molar-refractivity contribution in [2.75, 3.05) is 0 Å². The van der Waals surface area contributed by atoms with Gasteiger partial charge in [-0.1, -0.05) is 18.2 Å². The monoisotopic (exact) mass is 377 g/mol. The van der Waals surface area contributed by atoms with Crippen LogP contribution in [0.3, 0.4) is 0 Å². The molecule has 1 aromatic carbocycles. The van der Waals surface area contributed by atoms with Crippen LogP contribution in [0.15, 0.2) is 58.8 Å². The second-order valence-electron chi connectivity index (χ2n) is 6.89. The number of carbonyl (C=O) groups is 3. The van der Waals surface area contributed by atoms with Gasteiger partial charge in [0, 0.05) is 28.7 Å². The summed E-state index contributed by atoms with van der Waals surface area (Å²) in [4.78, 5) is 38.4. The number of furan rings is 1. The molecule has 0 aliphatic carbocycles. The second kappa shape index (κ2) is 6.84. The van der Waals surface area contributed by atoms with Gasteiger partial charge >= 0.3 is 6.03 Å². The van der Waals surface area contributed by atoms with Crippen LogP contribution in [-0.2, 0) is 16.1 Å². The highest BCUT2D eigenvalue weighted by molar-refractivity contribution is 6.31. The van der Waals surface area contributed by atoms with Crippen molar-refractivity contribution in [2.45, 2.75) is 26.4 Å². The zero-order valence-corrected chi connectivity index (χ0v) is 15.5. The first-order chi connectivity index (χ1) is 13.5. The van der Waals surface area contributed by atoms with Gasteiger partial charge in [0.1, 0.15) is 11.3 Å². The van der Waals surface area contributed by atoms with Crippen molar-refractivity contribution in [3.8, 4) is 0 Å². The predicted octanol–water partition coefficient (Wildman–Crippen LogP) is 3.48. The molecule has 4 amide bonds. The minimum absolute atomic E-state index is 0.0456. The van der Waals surface area contributed by atoms with Gasteiger partial charge in [-0.3, -0.25) is 19.8 Å². The van der Waals surface area contributed by atoms with Gasteiger partial charge in [0.2, 0.25) is 0 Å². The van der Waals surface area contributed by atoms with E-state index < -0.39 is 17.8 Å². The fourth-order valence-corrected chi connectivity index (χ4v) is 3.33. The Labute approximate surface area is 161 Å². The fraction of sp³-hybridized carbons (Fsp3) is 0.190. The van der Waals surface area contributed by atoms with Crippen LogP contribution in [0.2, 0.25) is 0 Å². The summed E-state index contributed by atoms with van der Waals surface area (Å²) in [5, 5.41) is 3.16. The molecule has 1 saturated heterocycles. The van der Waals surface area contributed by atoms with Crippen molar-refractivity contribution < 1.29 is 18.8 Å². The molecule has 1 fully saturated rings. The number of rotatable bonds is 4. The Morgan fingerprint density at radius 2 is 1.89 bits per heavy atom. The highest BCUT2D eigenvalue weighted by Gasteiger charge is 2.36. The number of para-hydroxylation sites is 1. The van der Waals surface area contributed by atoms with E-state index in [-0.39, 0.29) is 18.2 Å². The fourth-order valence-electron chi connectivity index (χ4n) is 3.33. The van der Waals surface area contributed by atoms with Crippen molar-refractivity contribution >= 4 is 34.8 Å². The zero-order valence-electron chi connectivity index (χ0n) is 15.5. The third-order valence-electron chi connectivity index (χ3n) is 4.71. The van der Waals surface area contributed by atoms with Gasteiger partial charge in [0.25, 0.3) is 11.8 Å². The molecule has 3 aromatic rings. The van der Waals surface area contributed by atoms with Crippen molar-refractivity contribution in [1.82, 2.24) is 14.8 Å². The molecule has 1 aliphatic heterocycles. The van der Waals surface area contributed by atoms with E-state index in [0.717, 1.165) is 21.4 Å². The Morgan fingerprint density at radius 3 is 2.61 bits per heavy atom. The average molecular weight is 377 g/mol. The van der Waals surface area contributed by atoms with Gasteiger partial charge in [-0.15, -0.1) is 0 Å². The Kier molecular flexibility index (Phi) is 4.35. The van der Waals surface area contributed by atoms with Crippen LogP contribution in [0.25, 0.3) is 17.0 Å². The van der Waals surface area contributed by atoms with Crippen molar-refractivity contribution in [2.24, 2.45) is 0 Å². The standard InChI is InChI=1S/C21H19N3O4/c1-13(2)23-11-14(16-7-3-4-8-18(16)23)10-17-19(25)22-21(27)24(20(17)26)12-15-6-5-9-28-15/h3-11,13H,12H2,1-2H3,(H,22,25,27)/b17-10+. The molecular weight excluding hydrogens is 358 g/mol. The summed E-state index contributed by atoms with van der Waals surface area (Å²) in [6.07, 6.45) is 4.92. The first-order valence-corrected chi connectivity index (χ1v) is 8.96. The smallest absolute Gasteiger partial charge is 0.331 e. The van der Waals surface area contributed by atoms with Crippen molar-refractivity contribution in [1.29, 1.82) is 0 Å². The van der Waals surface area contributed by atoms with Crippen LogP contribution < -0.4 is 5.32 Å². The molecule has 28 heavy (non-hydrogen) atoms. The highest BCUT2D eigenvalue weighted by Crippen LogP contribution is 2.27. The molecule has 0 saturated carbocycles. The van der Waals surface area contributed by atoms with E-state index in [0.29, 0.717) is 5.76 Å². The quantitative estimate of drug-likeness (QED) is 0.557. The average Bonchev–Trinajstić information content (AvgIpc) is 3.30. The summed E-state index contributed by atoms with van der Waals surface area (Å²) in [6.45, 7) is 4.08. The van der Waals surface area contributed by atoms with Crippen molar-refractivity contribution in [3.05, 3.63) is 65.8 Å². The van der Waals surface area contributed by atoms with Gasteiger partial charge in [0.05, 0.1) is 12.8 Å². The van der Waals surface area contributed by atoms with Crippen molar-refractivity contribution in [3.63, 3.8) is 0 Å². The Hall–Kier alpha value is -3.61. The maximum Gasteiger partial charge on any atom is 0.331 e. The number of nitrogens with one attached hydrogen (secondary N) is 1. The molecular formula is C21H19N3O4. The van der Waals surface area contributed by atoms with Gasteiger partial charge in [-0.05, 0) is 38.1 Å². The molecule has 4 rings (SSSR count). The Bertz CT molecular complexity index is 1110. The highest BCUT2D eigenvalue weighted by atomic mass is 16.3. The van der Waals surface area contributed by atoms with Gasteiger partial charge in [0.15, 0.2) is 0 Å². The summed E-state index contributed by atoms with van der Waals surface area (Å²) in [6, 6.07) is 10.6. The molecule has 1 aliphatic rings. The number of imide groups is 2. The van der Waals surface area contributed by atoms with Crippen LogP contribution in [0.1, 0.15) is 31.2 Å². The number of nitrogens with zero attached hydrogens (tertiary/aromatic N) is 2. The SMILES string of the molecule is CC(C)n1cc(/C=C2\C(=O)NC(=O)N(Cc3ccco3)C2=O)c2ccccc21. The summed E-state index contributed by atoms with van der Waals surface area (Å²) in [7, 11) is 0. The van der Waals surface area contributed by atoms with E-state index >= 15 is 0 Å². The number of fused-ring (bicyclic) bond motifs is 1. The third kappa shape index (κ3) is 3.00. The number of barbiturate groups is 1. The molecule has 0 unspecified atom stereocenters. The van der Waals surface area contributed by atoms with Crippen LogP contribution in [0, 0.1) is 0 Å². The van der Waals surface area contributed by atoms with Gasteiger partial charge < -0.3 is 8.98 Å². The lowest BCUT2D eigenvalue weighted by Crippen LogP contribution is -2.53. The molecule has 0 bridgehead atoms. The number of hydrogen-bond acceptors (Lipinski definition) is 4. The van der Waals surface area contributed by atoms with E-state index in [1.807, 2.05) is 30.5 Å². The Morgan fingerprint density at radius 1 is 1.11 bits per heavy atom. The third-order valence-corrected chi connectivity index (χ3v) is 4.71. The summed E-state index contributed by atoms with van der Waals surface area (Å²) < 4.78 is 7.30. The first kappa shape index (κ1) is 17.8. The zero-order chi connectivity index (χ0) is 19.8. The molecule has 142 valence electrons. The first-order valence-electron chi connectivity index (χ1n) is 8.96. The number of carbonyl (C=O) groups excluding carboxylic acids is 3. The molecule has 0 atom stereocenters. The lowest BCUT2D eigenvalue weighted by atomic mass is 10.1. The topological polar surface area (TPSA) is 84.6 Å². The van der Waals surface area contributed by atoms with Crippen LogP contribution in [0.4, 0.5) is 4.79 Å². The summed E-state index contributed by atoms with van der Waals surface area (Å²) >= 11 is 0. The van der Waals surface area contributed by atoms with Gasteiger partial charge in [-0.25, -0.2) is 4.79 Å².